The number of morpholine rings is 1. The molecule has 1 aromatic rings. The summed E-state index contributed by atoms with van der Waals surface area (Å²) in [6.45, 7) is 10.9. The lowest BCUT2D eigenvalue weighted by molar-refractivity contribution is -0.0928. The van der Waals surface area contributed by atoms with Gasteiger partial charge in [0.05, 0.1) is 23.6 Å². The number of aliphatic hydroxyl groups is 1. The van der Waals surface area contributed by atoms with Crippen LogP contribution in [0.5, 0.6) is 0 Å². The average Bonchev–Trinajstić information content (AvgIpc) is 2.45. The molecule has 1 atom stereocenters. The van der Waals surface area contributed by atoms with E-state index in [9.17, 15) is 5.11 Å². The van der Waals surface area contributed by atoms with Crippen molar-refractivity contribution in [2.45, 2.75) is 51.9 Å². The van der Waals surface area contributed by atoms with Crippen molar-refractivity contribution in [2.75, 3.05) is 38.7 Å². The van der Waals surface area contributed by atoms with Crippen LogP contribution in [0, 0.1) is 0 Å². The van der Waals surface area contributed by atoms with Crippen molar-refractivity contribution in [3.05, 3.63) is 23.5 Å². The van der Waals surface area contributed by atoms with Gasteiger partial charge in [-0.3, -0.25) is 4.98 Å². The maximum absolute atomic E-state index is 10.3. The van der Waals surface area contributed by atoms with Crippen LogP contribution in [0.3, 0.4) is 0 Å². The Morgan fingerprint density at radius 2 is 2.09 bits per heavy atom. The second kappa shape index (κ2) is 7.16. The number of ether oxygens (including phenoxy) is 1. The summed E-state index contributed by atoms with van der Waals surface area (Å²) in [7, 11) is 4.12. The lowest BCUT2D eigenvalue weighted by Crippen LogP contribution is -2.52. The summed E-state index contributed by atoms with van der Waals surface area (Å²) < 4.78 is 5.75. The first-order valence-corrected chi connectivity index (χ1v) is 8.42. The molecule has 0 amide bonds. The van der Waals surface area contributed by atoms with E-state index >= 15 is 0 Å². The van der Waals surface area contributed by atoms with Crippen molar-refractivity contribution in [3.63, 3.8) is 0 Å². The van der Waals surface area contributed by atoms with Gasteiger partial charge in [-0.1, -0.05) is 13.8 Å². The third kappa shape index (κ3) is 4.66. The van der Waals surface area contributed by atoms with Gasteiger partial charge in [0.25, 0.3) is 0 Å². The minimum atomic E-state index is -0.842. The fourth-order valence-electron chi connectivity index (χ4n) is 2.83. The molecule has 1 fully saturated rings. The molecule has 130 valence electrons. The molecule has 0 aromatic carbocycles. The van der Waals surface area contributed by atoms with Crippen molar-refractivity contribution in [1.82, 2.24) is 9.88 Å². The Morgan fingerprint density at radius 1 is 1.39 bits per heavy atom. The summed E-state index contributed by atoms with van der Waals surface area (Å²) in [6.07, 6.45) is -0.187. The molecule has 1 aliphatic heterocycles. The van der Waals surface area contributed by atoms with Crippen LogP contribution in [-0.2, 0) is 11.3 Å². The van der Waals surface area contributed by atoms with Gasteiger partial charge in [-0.15, -0.1) is 0 Å². The first kappa shape index (κ1) is 18.2. The van der Waals surface area contributed by atoms with Gasteiger partial charge >= 0.3 is 0 Å². The molecule has 2 rings (SSSR count). The summed E-state index contributed by atoms with van der Waals surface area (Å²) in [5, 5.41) is 10.3. The highest BCUT2D eigenvalue weighted by molar-refractivity contribution is 5.52. The van der Waals surface area contributed by atoms with Gasteiger partial charge in [0, 0.05) is 25.3 Å². The van der Waals surface area contributed by atoms with E-state index in [4.69, 9.17) is 9.72 Å². The molecule has 0 bridgehead atoms. The number of anilines is 1. The SMILES string of the molecule is CC(C)c1ccc(N2CCO[C@@H](C(C)(C)O)C2)c(CN(C)C)n1. The predicted molar refractivity (Wildman–Crippen MR) is 94.0 cm³/mol. The molecule has 1 aromatic heterocycles. The van der Waals surface area contributed by atoms with Gasteiger partial charge in [0.1, 0.15) is 6.10 Å². The van der Waals surface area contributed by atoms with Crippen molar-refractivity contribution in [1.29, 1.82) is 0 Å². The van der Waals surface area contributed by atoms with E-state index in [2.05, 4.69) is 49.9 Å². The predicted octanol–water partition coefficient (Wildman–Crippen LogP) is 2.24. The van der Waals surface area contributed by atoms with Crippen molar-refractivity contribution >= 4 is 5.69 Å². The fraction of sp³-hybridized carbons (Fsp3) is 0.722. The molecule has 0 unspecified atom stereocenters. The van der Waals surface area contributed by atoms with E-state index in [0.29, 0.717) is 19.1 Å². The van der Waals surface area contributed by atoms with Crippen LogP contribution in [-0.4, -0.2) is 60.5 Å². The Hall–Kier alpha value is -1.17. The van der Waals surface area contributed by atoms with Crippen molar-refractivity contribution in [3.8, 4) is 0 Å². The Balaban J connectivity index is 2.30. The highest BCUT2D eigenvalue weighted by atomic mass is 16.5. The fourth-order valence-corrected chi connectivity index (χ4v) is 2.83. The highest BCUT2D eigenvalue weighted by Gasteiger charge is 2.33. The minimum absolute atomic E-state index is 0.187. The van der Waals surface area contributed by atoms with Crippen LogP contribution >= 0.6 is 0 Å². The Kier molecular flexibility index (Phi) is 5.65. The van der Waals surface area contributed by atoms with Gasteiger partial charge in [0.2, 0.25) is 0 Å². The Labute approximate surface area is 140 Å². The topological polar surface area (TPSA) is 48.8 Å². The number of hydrogen-bond donors (Lipinski definition) is 1. The molecule has 0 radical (unpaired) electrons. The van der Waals surface area contributed by atoms with Gasteiger partial charge in [-0.25, -0.2) is 0 Å². The van der Waals surface area contributed by atoms with Crippen LogP contribution in [0.4, 0.5) is 5.69 Å². The van der Waals surface area contributed by atoms with E-state index in [-0.39, 0.29) is 6.10 Å². The molecular formula is C18H31N3O2. The second-order valence-corrected chi connectivity index (χ2v) is 7.55. The Bertz CT molecular complexity index is 523. The third-order valence-corrected chi connectivity index (χ3v) is 4.22. The third-order valence-electron chi connectivity index (χ3n) is 4.22. The van der Waals surface area contributed by atoms with Gasteiger partial charge in [0.15, 0.2) is 0 Å². The standard InChI is InChI=1S/C18H31N3O2/c1-13(2)14-7-8-16(15(19-14)11-20(5)6)21-9-10-23-17(12-21)18(3,4)22/h7-8,13,17,22H,9-12H2,1-6H3/t17-/m1/s1. The molecule has 5 heteroatoms. The molecule has 0 aliphatic carbocycles. The van der Waals surface area contributed by atoms with E-state index in [1.807, 2.05) is 13.8 Å². The number of aromatic nitrogens is 1. The zero-order valence-corrected chi connectivity index (χ0v) is 15.3. The van der Waals surface area contributed by atoms with Gasteiger partial charge in [-0.05, 0) is 46.0 Å². The number of nitrogens with zero attached hydrogens (tertiary/aromatic N) is 3. The lowest BCUT2D eigenvalue weighted by Gasteiger charge is -2.40. The summed E-state index contributed by atoms with van der Waals surface area (Å²) in [5.41, 5.74) is 2.53. The lowest BCUT2D eigenvalue weighted by atomic mass is 9.99. The summed E-state index contributed by atoms with van der Waals surface area (Å²) in [6, 6.07) is 4.29. The molecule has 5 nitrogen and oxygen atoms in total. The first-order chi connectivity index (χ1) is 10.7. The quantitative estimate of drug-likeness (QED) is 0.901. The molecule has 0 saturated carbocycles. The minimum Gasteiger partial charge on any atom is -0.388 e. The maximum atomic E-state index is 10.3. The van der Waals surface area contributed by atoms with Gasteiger partial charge < -0.3 is 19.6 Å². The van der Waals surface area contributed by atoms with Crippen molar-refractivity contribution in [2.24, 2.45) is 0 Å². The molecule has 2 heterocycles. The zero-order chi connectivity index (χ0) is 17.2. The molecule has 23 heavy (non-hydrogen) atoms. The molecular weight excluding hydrogens is 290 g/mol. The molecule has 0 spiro atoms. The second-order valence-electron chi connectivity index (χ2n) is 7.55. The number of rotatable bonds is 5. The average molecular weight is 321 g/mol. The van der Waals surface area contributed by atoms with Crippen LogP contribution < -0.4 is 4.90 Å². The largest absolute Gasteiger partial charge is 0.388 e. The van der Waals surface area contributed by atoms with Crippen LogP contribution in [0.1, 0.15) is 45.0 Å². The molecule has 1 aliphatic rings. The van der Waals surface area contributed by atoms with E-state index < -0.39 is 5.60 Å². The highest BCUT2D eigenvalue weighted by Crippen LogP contribution is 2.27. The normalized spacial score (nSPS) is 19.7. The Morgan fingerprint density at radius 3 is 2.65 bits per heavy atom. The molecule has 1 saturated heterocycles. The van der Waals surface area contributed by atoms with E-state index in [1.165, 1.54) is 0 Å². The monoisotopic (exact) mass is 321 g/mol. The first-order valence-electron chi connectivity index (χ1n) is 8.42. The smallest absolute Gasteiger partial charge is 0.103 e. The van der Waals surface area contributed by atoms with Crippen LogP contribution in [0.25, 0.3) is 0 Å². The number of pyridine rings is 1. The van der Waals surface area contributed by atoms with Gasteiger partial charge in [-0.2, -0.15) is 0 Å². The summed E-state index contributed by atoms with van der Waals surface area (Å²) in [4.78, 5) is 9.32. The van der Waals surface area contributed by atoms with E-state index in [1.54, 1.807) is 0 Å². The van der Waals surface area contributed by atoms with Crippen molar-refractivity contribution < 1.29 is 9.84 Å². The maximum Gasteiger partial charge on any atom is 0.103 e. The van der Waals surface area contributed by atoms with E-state index in [0.717, 1.165) is 30.2 Å². The zero-order valence-electron chi connectivity index (χ0n) is 15.3. The van der Waals surface area contributed by atoms with Crippen LogP contribution in [0.15, 0.2) is 12.1 Å². The molecule has 1 N–H and O–H groups in total. The summed E-state index contributed by atoms with van der Waals surface area (Å²) >= 11 is 0. The van der Waals surface area contributed by atoms with Crippen LogP contribution in [0.2, 0.25) is 0 Å². The number of hydrogen-bond acceptors (Lipinski definition) is 5. The summed E-state index contributed by atoms with van der Waals surface area (Å²) in [5.74, 6) is 0.416.